The molecule has 0 bridgehead atoms. The molecule has 0 radical (unpaired) electrons. The van der Waals surface area contributed by atoms with Crippen molar-refractivity contribution in [2.75, 3.05) is 14.2 Å². The van der Waals surface area contributed by atoms with Crippen molar-refractivity contribution in [2.24, 2.45) is 5.73 Å². The van der Waals surface area contributed by atoms with E-state index in [1.54, 1.807) is 0 Å². The summed E-state index contributed by atoms with van der Waals surface area (Å²) in [5.41, 5.74) is 6.02. The Morgan fingerprint density at radius 2 is 1.40 bits per heavy atom. The number of rotatable bonds is 5. The Balaban J connectivity index is 0. The monoisotopic (exact) mass is 241 g/mol. The van der Waals surface area contributed by atoms with Crippen LogP contribution in [0.25, 0.3) is 0 Å². The predicted molar refractivity (Wildman–Crippen MR) is 61.6 cm³/mol. The Bertz CT molecular complexity index is 178. The van der Waals surface area contributed by atoms with Gasteiger partial charge in [0, 0.05) is 19.8 Å². The molecular weight excluding hydrogens is 217 g/mol. The van der Waals surface area contributed by atoms with Crippen LogP contribution in [0.4, 0.5) is 0 Å². The molecule has 0 atom stereocenters. The Morgan fingerprint density at radius 1 is 1.13 bits per heavy atom. The van der Waals surface area contributed by atoms with Gasteiger partial charge in [0.1, 0.15) is 0 Å². The molecule has 94 valence electrons. The van der Waals surface area contributed by atoms with Gasteiger partial charge in [-0.1, -0.05) is 20.8 Å². The van der Waals surface area contributed by atoms with Crippen molar-refractivity contribution >= 4 is 7.82 Å². The van der Waals surface area contributed by atoms with Gasteiger partial charge in [-0.25, -0.2) is 4.57 Å². The number of hydrogen-bond acceptors (Lipinski definition) is 4. The average molecular weight is 241 g/mol. The van der Waals surface area contributed by atoms with Gasteiger partial charge in [0.2, 0.25) is 0 Å². The third kappa shape index (κ3) is 9.03. The quantitative estimate of drug-likeness (QED) is 0.722. The summed E-state index contributed by atoms with van der Waals surface area (Å²) in [6.45, 7) is 6.44. The zero-order valence-electron chi connectivity index (χ0n) is 10.3. The first kappa shape index (κ1) is 17.5. The summed E-state index contributed by atoms with van der Waals surface area (Å²) in [5.74, 6) is 0. The van der Waals surface area contributed by atoms with Crippen LogP contribution >= 0.6 is 7.82 Å². The lowest BCUT2D eigenvalue weighted by molar-refractivity contribution is 0.204. The maximum atomic E-state index is 10.1. The largest absolute Gasteiger partial charge is 0.471 e. The van der Waals surface area contributed by atoms with E-state index in [1.807, 2.05) is 0 Å². The molecule has 0 unspecified atom stereocenters. The molecule has 0 aliphatic rings. The fourth-order valence-electron chi connectivity index (χ4n) is 0.825. The van der Waals surface area contributed by atoms with Gasteiger partial charge in [-0.05, 0) is 19.3 Å². The zero-order valence-corrected chi connectivity index (χ0v) is 11.2. The van der Waals surface area contributed by atoms with Crippen molar-refractivity contribution in [1.82, 2.24) is 0 Å². The summed E-state index contributed by atoms with van der Waals surface area (Å²) in [5, 5.41) is 0. The fourth-order valence-corrected chi connectivity index (χ4v) is 0.974. The highest BCUT2D eigenvalue weighted by molar-refractivity contribution is 7.47. The van der Waals surface area contributed by atoms with Crippen molar-refractivity contribution in [1.29, 1.82) is 0 Å². The molecule has 0 aromatic heterocycles. The molecule has 0 rings (SSSR count). The minimum atomic E-state index is -3.65. The molecule has 0 aliphatic carbocycles. The first-order chi connectivity index (χ1) is 6.80. The smallest absolute Gasteiger partial charge is 0.325 e. The number of hydrogen-bond donors (Lipinski definition) is 2. The van der Waals surface area contributed by atoms with Crippen LogP contribution in [0.2, 0.25) is 0 Å². The lowest BCUT2D eigenvalue weighted by Gasteiger charge is -2.23. The van der Waals surface area contributed by atoms with Crippen molar-refractivity contribution < 1.29 is 18.5 Å². The molecule has 3 N–H and O–H groups in total. The summed E-state index contributed by atoms with van der Waals surface area (Å²) >= 11 is 0. The van der Waals surface area contributed by atoms with Crippen molar-refractivity contribution in [3.8, 4) is 0 Å². The first-order valence-electron chi connectivity index (χ1n) is 5.03. The SMILES string of the molecule is CCC(N)(CC)CC.COP(=O)(O)OC. The van der Waals surface area contributed by atoms with E-state index in [0.29, 0.717) is 0 Å². The summed E-state index contributed by atoms with van der Waals surface area (Å²) in [6.07, 6.45) is 3.29. The second kappa shape index (κ2) is 8.25. The number of nitrogens with two attached hydrogens (primary N) is 1. The van der Waals surface area contributed by atoms with Gasteiger partial charge in [0.05, 0.1) is 0 Å². The van der Waals surface area contributed by atoms with E-state index in [0.717, 1.165) is 33.5 Å². The van der Waals surface area contributed by atoms with Gasteiger partial charge >= 0.3 is 7.82 Å². The Kier molecular flexibility index (Phi) is 9.60. The fraction of sp³-hybridized carbons (Fsp3) is 1.00. The van der Waals surface area contributed by atoms with Crippen LogP contribution in [0.5, 0.6) is 0 Å². The maximum Gasteiger partial charge on any atom is 0.471 e. The second-order valence-electron chi connectivity index (χ2n) is 3.26. The van der Waals surface area contributed by atoms with Gasteiger partial charge in [-0.2, -0.15) is 0 Å². The van der Waals surface area contributed by atoms with Crippen molar-refractivity contribution in [3.05, 3.63) is 0 Å². The van der Waals surface area contributed by atoms with Crippen LogP contribution in [-0.4, -0.2) is 24.7 Å². The molecular formula is C9H24NO4P. The average Bonchev–Trinajstić information content (AvgIpc) is 2.29. The van der Waals surface area contributed by atoms with Crippen molar-refractivity contribution in [2.45, 2.75) is 45.6 Å². The number of phosphoric ester groups is 1. The predicted octanol–water partition coefficient (Wildman–Crippen LogP) is 2.29. The van der Waals surface area contributed by atoms with Gasteiger partial charge in [0.15, 0.2) is 0 Å². The van der Waals surface area contributed by atoms with Crippen LogP contribution < -0.4 is 5.73 Å². The lowest BCUT2D eigenvalue weighted by atomic mass is 9.92. The van der Waals surface area contributed by atoms with Crippen LogP contribution in [0.1, 0.15) is 40.0 Å². The molecule has 5 nitrogen and oxygen atoms in total. The normalized spacial score (nSPS) is 11.9. The zero-order chi connectivity index (χ0) is 12.5. The van der Waals surface area contributed by atoms with E-state index < -0.39 is 7.82 Å². The van der Waals surface area contributed by atoms with Crippen molar-refractivity contribution in [3.63, 3.8) is 0 Å². The van der Waals surface area contributed by atoms with E-state index in [2.05, 4.69) is 29.8 Å². The summed E-state index contributed by atoms with van der Waals surface area (Å²) in [6, 6.07) is 0. The van der Waals surface area contributed by atoms with Crippen LogP contribution in [0.15, 0.2) is 0 Å². The van der Waals surface area contributed by atoms with Crippen LogP contribution in [0, 0.1) is 0 Å². The molecule has 0 aliphatic heterocycles. The van der Waals surface area contributed by atoms with E-state index in [-0.39, 0.29) is 5.54 Å². The van der Waals surface area contributed by atoms with Gasteiger partial charge < -0.3 is 10.6 Å². The Labute approximate surface area is 92.6 Å². The van der Waals surface area contributed by atoms with Gasteiger partial charge in [0.25, 0.3) is 0 Å². The molecule has 0 saturated heterocycles. The van der Waals surface area contributed by atoms with E-state index in [1.165, 1.54) is 0 Å². The number of phosphoric acid groups is 1. The topological polar surface area (TPSA) is 81.8 Å². The summed E-state index contributed by atoms with van der Waals surface area (Å²) in [7, 11) is -1.45. The van der Waals surface area contributed by atoms with Crippen LogP contribution in [-0.2, 0) is 13.6 Å². The van der Waals surface area contributed by atoms with Crippen LogP contribution in [0.3, 0.4) is 0 Å². The standard InChI is InChI=1S/C7H17N.C2H7O4P/c1-4-7(8,5-2)6-3;1-5-7(3,4)6-2/h4-6,8H2,1-3H3;1-2H3,(H,3,4). The molecule has 15 heavy (non-hydrogen) atoms. The summed E-state index contributed by atoms with van der Waals surface area (Å²) < 4.78 is 18.0. The van der Waals surface area contributed by atoms with Gasteiger partial charge in [-0.3, -0.25) is 9.05 Å². The second-order valence-corrected chi connectivity index (χ2v) is 4.92. The third-order valence-electron chi connectivity index (χ3n) is 2.57. The molecule has 0 heterocycles. The first-order valence-corrected chi connectivity index (χ1v) is 6.53. The molecule has 0 amide bonds. The molecule has 0 fully saturated rings. The molecule has 0 aromatic rings. The van der Waals surface area contributed by atoms with E-state index >= 15 is 0 Å². The Hall–Kier alpha value is 0.0700. The third-order valence-corrected chi connectivity index (χ3v) is 3.50. The van der Waals surface area contributed by atoms with E-state index in [9.17, 15) is 4.57 Å². The van der Waals surface area contributed by atoms with E-state index in [4.69, 9.17) is 10.6 Å². The highest BCUT2D eigenvalue weighted by Crippen LogP contribution is 2.40. The molecule has 0 spiro atoms. The highest BCUT2D eigenvalue weighted by Gasteiger charge is 2.15. The molecule has 6 heteroatoms. The summed E-state index contributed by atoms with van der Waals surface area (Å²) in [4.78, 5) is 8.24. The minimum absolute atomic E-state index is 0.125. The Morgan fingerprint density at radius 3 is 1.40 bits per heavy atom. The highest BCUT2D eigenvalue weighted by atomic mass is 31.2. The lowest BCUT2D eigenvalue weighted by Crippen LogP contribution is -2.37. The molecule has 0 aromatic carbocycles. The molecule has 0 saturated carbocycles. The van der Waals surface area contributed by atoms with Gasteiger partial charge in [-0.15, -0.1) is 0 Å². The maximum absolute atomic E-state index is 10.1. The minimum Gasteiger partial charge on any atom is -0.325 e.